The van der Waals surface area contributed by atoms with Gasteiger partial charge >= 0.3 is 0 Å². The van der Waals surface area contributed by atoms with Gasteiger partial charge in [-0.25, -0.2) is 0 Å². The Labute approximate surface area is 107 Å². The van der Waals surface area contributed by atoms with E-state index in [0.717, 1.165) is 12.8 Å². The number of phenolic OH excluding ortho intramolecular Hbond substituents is 1. The highest BCUT2D eigenvalue weighted by Crippen LogP contribution is 2.21. The molecule has 0 saturated carbocycles. The van der Waals surface area contributed by atoms with Gasteiger partial charge in [-0.15, -0.1) is 11.6 Å². The predicted octanol–water partition coefficient (Wildman–Crippen LogP) is 2.84. The van der Waals surface area contributed by atoms with Crippen molar-refractivity contribution in [2.45, 2.75) is 32.7 Å². The number of benzene rings is 1. The summed E-state index contributed by atoms with van der Waals surface area (Å²) in [6.45, 7) is 3.69. The zero-order chi connectivity index (χ0) is 12.8. The summed E-state index contributed by atoms with van der Waals surface area (Å²) < 4.78 is 0. The van der Waals surface area contributed by atoms with Crippen molar-refractivity contribution in [3.63, 3.8) is 0 Å². The molecule has 0 aliphatic heterocycles. The zero-order valence-electron chi connectivity index (χ0n) is 10.2. The van der Waals surface area contributed by atoms with Gasteiger partial charge in [0.05, 0.1) is 5.56 Å². The van der Waals surface area contributed by atoms with Crippen LogP contribution in [0.1, 0.15) is 35.7 Å². The quantitative estimate of drug-likeness (QED) is 0.795. The van der Waals surface area contributed by atoms with Crippen molar-refractivity contribution in [1.29, 1.82) is 0 Å². The summed E-state index contributed by atoms with van der Waals surface area (Å²) >= 11 is 5.59. The highest BCUT2D eigenvalue weighted by atomic mass is 35.5. The number of amides is 1. The van der Waals surface area contributed by atoms with Crippen molar-refractivity contribution in [3.8, 4) is 5.75 Å². The van der Waals surface area contributed by atoms with Crippen LogP contribution in [0.3, 0.4) is 0 Å². The minimum absolute atomic E-state index is 0.0505. The number of aryl methyl sites for hydroxylation is 1. The van der Waals surface area contributed by atoms with E-state index in [0.29, 0.717) is 17.0 Å². The number of carbonyl (C=O) groups excluding carboxylic acids is 1. The van der Waals surface area contributed by atoms with Crippen LogP contribution in [0, 0.1) is 6.92 Å². The van der Waals surface area contributed by atoms with Crippen molar-refractivity contribution in [2.75, 3.05) is 5.88 Å². The topological polar surface area (TPSA) is 49.3 Å². The molecular formula is C13H18ClNO2. The molecule has 1 rings (SSSR count). The fourth-order valence-corrected chi connectivity index (χ4v) is 1.75. The zero-order valence-corrected chi connectivity index (χ0v) is 10.9. The summed E-state index contributed by atoms with van der Waals surface area (Å²) in [5.74, 6) is 0.401. The van der Waals surface area contributed by atoms with Gasteiger partial charge in [0.25, 0.3) is 5.91 Å². The van der Waals surface area contributed by atoms with Crippen LogP contribution in [0.5, 0.6) is 5.75 Å². The molecule has 1 atom stereocenters. The first kappa shape index (κ1) is 13.8. The third-order valence-corrected chi connectivity index (χ3v) is 2.90. The molecule has 0 spiro atoms. The summed E-state index contributed by atoms with van der Waals surface area (Å²) in [7, 11) is 0. The van der Waals surface area contributed by atoms with Gasteiger partial charge in [0.2, 0.25) is 0 Å². The maximum atomic E-state index is 11.9. The number of para-hydroxylation sites is 1. The molecule has 17 heavy (non-hydrogen) atoms. The lowest BCUT2D eigenvalue weighted by Crippen LogP contribution is -2.32. The summed E-state index contributed by atoms with van der Waals surface area (Å²) in [5.41, 5.74) is 1.02. The number of rotatable bonds is 5. The molecule has 0 heterocycles. The van der Waals surface area contributed by atoms with Gasteiger partial charge in [-0.3, -0.25) is 4.79 Å². The molecule has 1 unspecified atom stereocenters. The van der Waals surface area contributed by atoms with Crippen molar-refractivity contribution >= 4 is 17.5 Å². The SMILES string of the molecule is Cc1cccc(C(=O)NC(C)CCCCl)c1O. The van der Waals surface area contributed by atoms with E-state index in [1.807, 2.05) is 6.92 Å². The smallest absolute Gasteiger partial charge is 0.255 e. The molecule has 0 bridgehead atoms. The molecule has 0 aliphatic rings. The summed E-state index contributed by atoms with van der Waals surface area (Å²) in [5, 5.41) is 12.6. The molecule has 0 fully saturated rings. The first-order valence-corrected chi connectivity index (χ1v) is 6.25. The molecule has 1 amide bonds. The van der Waals surface area contributed by atoms with E-state index in [1.165, 1.54) is 0 Å². The molecule has 0 aliphatic carbocycles. The average Bonchev–Trinajstić information content (AvgIpc) is 2.29. The number of nitrogens with one attached hydrogen (secondary N) is 1. The highest BCUT2D eigenvalue weighted by molar-refractivity contribution is 6.17. The van der Waals surface area contributed by atoms with Crippen LogP contribution in [-0.4, -0.2) is 22.9 Å². The fraction of sp³-hybridized carbons (Fsp3) is 0.462. The Morgan fingerprint density at radius 3 is 2.88 bits per heavy atom. The van der Waals surface area contributed by atoms with Crippen LogP contribution in [0.25, 0.3) is 0 Å². The van der Waals surface area contributed by atoms with E-state index >= 15 is 0 Å². The number of alkyl halides is 1. The fourth-order valence-electron chi connectivity index (χ4n) is 1.60. The minimum atomic E-state index is -0.242. The molecule has 1 aromatic rings. The molecule has 4 heteroatoms. The lowest BCUT2D eigenvalue weighted by Gasteiger charge is -2.14. The molecule has 0 radical (unpaired) electrons. The van der Waals surface area contributed by atoms with Gasteiger partial charge in [0.15, 0.2) is 0 Å². The molecule has 0 aromatic heterocycles. The van der Waals surface area contributed by atoms with Crippen molar-refractivity contribution in [1.82, 2.24) is 5.32 Å². The van der Waals surface area contributed by atoms with Gasteiger partial charge in [-0.1, -0.05) is 12.1 Å². The predicted molar refractivity (Wildman–Crippen MR) is 69.7 cm³/mol. The van der Waals surface area contributed by atoms with Crippen LogP contribution in [0.15, 0.2) is 18.2 Å². The first-order valence-electron chi connectivity index (χ1n) is 5.71. The van der Waals surface area contributed by atoms with Gasteiger partial charge in [0.1, 0.15) is 5.75 Å². The van der Waals surface area contributed by atoms with Gasteiger partial charge in [0, 0.05) is 11.9 Å². The van der Waals surface area contributed by atoms with Crippen molar-refractivity contribution in [3.05, 3.63) is 29.3 Å². The molecule has 3 nitrogen and oxygen atoms in total. The van der Waals surface area contributed by atoms with E-state index in [4.69, 9.17) is 11.6 Å². The molecule has 2 N–H and O–H groups in total. The Balaban J connectivity index is 2.67. The van der Waals surface area contributed by atoms with Crippen LogP contribution < -0.4 is 5.32 Å². The molecular weight excluding hydrogens is 238 g/mol. The second-order valence-corrected chi connectivity index (χ2v) is 4.55. The Morgan fingerprint density at radius 2 is 2.24 bits per heavy atom. The first-order chi connectivity index (χ1) is 8.06. The van der Waals surface area contributed by atoms with E-state index in [-0.39, 0.29) is 17.7 Å². The standard InChI is InChI=1S/C13H18ClNO2/c1-9-5-3-7-11(12(9)16)13(17)15-10(2)6-4-8-14/h3,5,7,10,16H,4,6,8H2,1-2H3,(H,15,17). The Hall–Kier alpha value is -1.22. The highest BCUT2D eigenvalue weighted by Gasteiger charge is 2.14. The number of hydrogen-bond donors (Lipinski definition) is 2. The Morgan fingerprint density at radius 1 is 1.53 bits per heavy atom. The van der Waals surface area contributed by atoms with Crippen LogP contribution in [0.2, 0.25) is 0 Å². The maximum absolute atomic E-state index is 11.9. The number of hydrogen-bond acceptors (Lipinski definition) is 2. The van der Waals surface area contributed by atoms with Crippen LogP contribution in [-0.2, 0) is 0 Å². The van der Waals surface area contributed by atoms with Crippen LogP contribution >= 0.6 is 11.6 Å². The molecule has 0 saturated heterocycles. The normalized spacial score (nSPS) is 12.2. The van der Waals surface area contributed by atoms with Gasteiger partial charge < -0.3 is 10.4 Å². The van der Waals surface area contributed by atoms with Crippen molar-refractivity contribution < 1.29 is 9.90 Å². The van der Waals surface area contributed by atoms with Gasteiger partial charge in [-0.05, 0) is 38.3 Å². The summed E-state index contributed by atoms with van der Waals surface area (Å²) in [6.07, 6.45) is 1.70. The number of phenols is 1. The Kier molecular flexibility index (Phi) is 5.29. The average molecular weight is 256 g/mol. The summed E-state index contributed by atoms with van der Waals surface area (Å²) in [4.78, 5) is 11.9. The molecule has 94 valence electrons. The lowest BCUT2D eigenvalue weighted by atomic mass is 10.1. The Bertz CT molecular complexity index is 393. The molecule has 1 aromatic carbocycles. The largest absolute Gasteiger partial charge is 0.507 e. The third kappa shape index (κ3) is 3.93. The van der Waals surface area contributed by atoms with Crippen LogP contribution in [0.4, 0.5) is 0 Å². The minimum Gasteiger partial charge on any atom is -0.507 e. The van der Waals surface area contributed by atoms with E-state index in [1.54, 1.807) is 25.1 Å². The van der Waals surface area contributed by atoms with E-state index in [9.17, 15) is 9.90 Å². The maximum Gasteiger partial charge on any atom is 0.255 e. The lowest BCUT2D eigenvalue weighted by molar-refractivity contribution is 0.0935. The number of carbonyl (C=O) groups is 1. The second kappa shape index (κ2) is 6.50. The van der Waals surface area contributed by atoms with Gasteiger partial charge in [-0.2, -0.15) is 0 Å². The number of halogens is 1. The van der Waals surface area contributed by atoms with E-state index in [2.05, 4.69) is 5.32 Å². The number of aromatic hydroxyl groups is 1. The van der Waals surface area contributed by atoms with Crippen molar-refractivity contribution in [2.24, 2.45) is 0 Å². The summed E-state index contributed by atoms with van der Waals surface area (Å²) in [6, 6.07) is 5.20. The second-order valence-electron chi connectivity index (χ2n) is 4.18. The van der Waals surface area contributed by atoms with E-state index < -0.39 is 0 Å². The third-order valence-electron chi connectivity index (χ3n) is 2.63. The monoisotopic (exact) mass is 255 g/mol.